The molecule has 0 saturated carbocycles. The van der Waals surface area contributed by atoms with Crippen LogP contribution < -0.4 is 0 Å². The van der Waals surface area contributed by atoms with Crippen molar-refractivity contribution in [3.8, 4) is 11.1 Å². The second-order valence-corrected chi connectivity index (χ2v) is 11.3. The summed E-state index contributed by atoms with van der Waals surface area (Å²) in [7, 11) is 2.27. The van der Waals surface area contributed by atoms with Crippen LogP contribution in [0.1, 0.15) is 66.1 Å². The maximum Gasteiger partial charge on any atom is 0.246 e. The number of benzene rings is 1. The van der Waals surface area contributed by atoms with E-state index < -0.39 is 5.41 Å². The van der Waals surface area contributed by atoms with E-state index in [2.05, 4.69) is 46.9 Å². The molecule has 33 heavy (non-hydrogen) atoms. The number of hydrogen-bond donors (Lipinski definition) is 0. The predicted molar refractivity (Wildman–Crippen MR) is 137 cm³/mol. The summed E-state index contributed by atoms with van der Waals surface area (Å²) in [4.78, 5) is 17.0. The molecule has 1 aliphatic rings. The molecule has 3 heterocycles. The van der Waals surface area contributed by atoms with Crippen molar-refractivity contribution in [3.63, 3.8) is 0 Å². The lowest BCUT2D eigenvalue weighted by Crippen LogP contribution is -2.37. The monoisotopic (exact) mass is 483 g/mol. The molecule has 7 heteroatoms. The van der Waals surface area contributed by atoms with Gasteiger partial charge in [-0.05, 0) is 48.6 Å². The van der Waals surface area contributed by atoms with Crippen LogP contribution in [0.3, 0.4) is 0 Å². The Kier molecular flexibility index (Phi) is 6.61. The van der Waals surface area contributed by atoms with Crippen LogP contribution in [0.2, 0.25) is 0 Å². The van der Waals surface area contributed by atoms with Crippen molar-refractivity contribution in [2.24, 2.45) is 0 Å². The highest BCUT2D eigenvalue weighted by Crippen LogP contribution is 2.45. The van der Waals surface area contributed by atoms with Gasteiger partial charge < -0.3 is 4.90 Å². The SMILES string of the molecule is C=CC(=O)N1Cc2sc(C(C)C)cc2[C@H](c2ccccc2-c2cn(CC)nc2C(C)(F)P)C1. The van der Waals surface area contributed by atoms with Crippen molar-refractivity contribution in [1.82, 2.24) is 14.7 Å². The molecule has 4 rings (SSSR count). The highest BCUT2D eigenvalue weighted by Gasteiger charge is 2.34. The summed E-state index contributed by atoms with van der Waals surface area (Å²) < 4.78 is 16.9. The van der Waals surface area contributed by atoms with Gasteiger partial charge in [0.25, 0.3) is 0 Å². The first-order valence-corrected chi connectivity index (χ1v) is 12.7. The Balaban J connectivity index is 1.90. The maximum atomic E-state index is 15.2. The third-order valence-corrected chi connectivity index (χ3v) is 7.91. The van der Waals surface area contributed by atoms with Crippen LogP contribution in [0.5, 0.6) is 0 Å². The largest absolute Gasteiger partial charge is 0.333 e. The van der Waals surface area contributed by atoms with Crippen LogP contribution in [0, 0.1) is 0 Å². The lowest BCUT2D eigenvalue weighted by Gasteiger charge is -2.33. The van der Waals surface area contributed by atoms with Gasteiger partial charge in [-0.25, -0.2) is 4.39 Å². The Bertz CT molecular complexity index is 1190. The minimum atomic E-state index is -1.65. The summed E-state index contributed by atoms with van der Waals surface area (Å²) in [6.07, 6.45) is 3.32. The first-order valence-electron chi connectivity index (χ1n) is 11.3. The molecule has 174 valence electrons. The molecule has 2 aromatic heterocycles. The Morgan fingerprint density at radius 3 is 2.73 bits per heavy atom. The number of aryl methyl sites for hydroxylation is 1. The van der Waals surface area contributed by atoms with E-state index >= 15 is 4.39 Å². The zero-order chi connectivity index (χ0) is 23.9. The summed E-state index contributed by atoms with van der Waals surface area (Å²) >= 11 is 1.78. The Labute approximate surface area is 201 Å². The summed E-state index contributed by atoms with van der Waals surface area (Å²) in [6, 6.07) is 10.4. The van der Waals surface area contributed by atoms with E-state index in [9.17, 15) is 4.79 Å². The molecule has 4 nitrogen and oxygen atoms in total. The van der Waals surface area contributed by atoms with E-state index in [0.717, 1.165) is 16.7 Å². The fourth-order valence-electron chi connectivity index (χ4n) is 4.47. The van der Waals surface area contributed by atoms with Gasteiger partial charge in [-0.1, -0.05) is 53.9 Å². The van der Waals surface area contributed by atoms with Crippen LogP contribution in [0.4, 0.5) is 4.39 Å². The van der Waals surface area contributed by atoms with Crippen molar-refractivity contribution in [1.29, 1.82) is 0 Å². The molecule has 0 aliphatic carbocycles. The van der Waals surface area contributed by atoms with E-state index in [1.807, 2.05) is 36.2 Å². The second-order valence-electron chi connectivity index (χ2n) is 9.07. The standard InChI is InChI=1S/C26H31FN3OPS/c1-6-24(31)29-13-20(19-12-22(16(3)4)33-23(19)15-29)17-10-8-9-11-18(17)21-14-30(7-2)28-25(21)26(5,27)32/h6,8-12,14,16,20H,1,7,13,15,32H2,2-5H3/t20-,26?/m0/s1. The Morgan fingerprint density at radius 2 is 2.09 bits per heavy atom. The third-order valence-electron chi connectivity index (χ3n) is 6.20. The van der Waals surface area contributed by atoms with Crippen LogP contribution in [0.15, 0.2) is 49.2 Å². The molecule has 0 spiro atoms. The van der Waals surface area contributed by atoms with E-state index in [0.29, 0.717) is 31.2 Å². The second kappa shape index (κ2) is 9.15. The quantitative estimate of drug-likeness (QED) is 0.299. The normalized spacial score (nSPS) is 17.7. The molecule has 1 aliphatic heterocycles. The Morgan fingerprint density at radius 1 is 1.36 bits per heavy atom. The van der Waals surface area contributed by atoms with Gasteiger partial charge in [-0.2, -0.15) is 5.10 Å². The van der Waals surface area contributed by atoms with Crippen LogP contribution >= 0.6 is 20.6 Å². The van der Waals surface area contributed by atoms with E-state index in [1.54, 1.807) is 16.0 Å². The number of aromatic nitrogens is 2. The average molecular weight is 484 g/mol. The Hall–Kier alpha value is -2.30. The van der Waals surface area contributed by atoms with Crippen molar-refractivity contribution in [3.05, 3.63) is 75.8 Å². The number of carbonyl (C=O) groups excluding carboxylic acids is 1. The molecular weight excluding hydrogens is 452 g/mol. The lowest BCUT2D eigenvalue weighted by atomic mass is 9.83. The van der Waals surface area contributed by atoms with E-state index in [-0.39, 0.29) is 11.8 Å². The zero-order valence-electron chi connectivity index (χ0n) is 19.6. The average Bonchev–Trinajstić information content (AvgIpc) is 3.42. The molecule has 0 N–H and O–H groups in total. The molecule has 1 aromatic carbocycles. The zero-order valence-corrected chi connectivity index (χ0v) is 21.6. The molecule has 0 bridgehead atoms. The summed E-state index contributed by atoms with van der Waals surface area (Å²) in [6.45, 7) is 13.4. The van der Waals surface area contributed by atoms with Crippen molar-refractivity contribution < 1.29 is 9.18 Å². The first kappa shape index (κ1) is 23.8. The molecule has 0 radical (unpaired) electrons. The van der Waals surface area contributed by atoms with Crippen molar-refractivity contribution >= 4 is 26.5 Å². The van der Waals surface area contributed by atoms with Crippen LogP contribution in [-0.4, -0.2) is 27.1 Å². The molecule has 2 unspecified atom stereocenters. The molecule has 3 atom stereocenters. The summed E-state index contributed by atoms with van der Waals surface area (Å²) in [5.74, 6) is 0.341. The van der Waals surface area contributed by atoms with Crippen LogP contribution in [-0.2, 0) is 23.3 Å². The van der Waals surface area contributed by atoms with Crippen molar-refractivity contribution in [2.45, 2.75) is 58.0 Å². The smallest absolute Gasteiger partial charge is 0.246 e. The van der Waals surface area contributed by atoms with Gasteiger partial charge in [-0.3, -0.25) is 9.48 Å². The lowest BCUT2D eigenvalue weighted by molar-refractivity contribution is -0.127. The molecule has 0 saturated heterocycles. The van der Waals surface area contributed by atoms with Crippen molar-refractivity contribution in [2.75, 3.05) is 6.54 Å². The molecule has 0 fully saturated rings. The maximum absolute atomic E-state index is 15.2. The molecular formula is C26H31FN3OPS. The van der Waals surface area contributed by atoms with E-state index in [1.165, 1.54) is 28.3 Å². The highest BCUT2D eigenvalue weighted by atomic mass is 32.1. The molecule has 1 amide bonds. The van der Waals surface area contributed by atoms with Gasteiger partial charge >= 0.3 is 0 Å². The van der Waals surface area contributed by atoms with E-state index in [4.69, 9.17) is 0 Å². The number of amides is 1. The predicted octanol–water partition coefficient (Wildman–Crippen LogP) is 6.43. The number of nitrogens with zero attached hydrogens (tertiary/aromatic N) is 3. The third kappa shape index (κ3) is 4.56. The number of halogens is 1. The number of hydrogen-bond acceptors (Lipinski definition) is 3. The van der Waals surface area contributed by atoms with Gasteiger partial charge in [-0.15, -0.1) is 11.3 Å². The minimum Gasteiger partial charge on any atom is -0.333 e. The summed E-state index contributed by atoms with van der Waals surface area (Å²) in [5.41, 5.74) is 4.51. The van der Waals surface area contributed by atoms with Gasteiger partial charge in [0, 0.05) is 40.5 Å². The van der Waals surface area contributed by atoms with Crippen LogP contribution in [0.25, 0.3) is 11.1 Å². The number of thiophene rings is 1. The minimum absolute atomic E-state index is 0.00852. The van der Waals surface area contributed by atoms with Gasteiger partial charge in [0.05, 0.1) is 6.54 Å². The number of alkyl halides is 1. The molecule has 3 aromatic rings. The van der Waals surface area contributed by atoms with Gasteiger partial charge in [0.15, 0.2) is 5.41 Å². The number of rotatable bonds is 6. The first-order chi connectivity index (χ1) is 15.6. The topological polar surface area (TPSA) is 38.1 Å². The number of carbonyl (C=O) groups is 1. The van der Waals surface area contributed by atoms with Gasteiger partial charge in [0.1, 0.15) is 5.69 Å². The fraction of sp³-hybridized carbons (Fsp3) is 0.385. The number of fused-ring (bicyclic) bond motifs is 1. The van der Waals surface area contributed by atoms with Gasteiger partial charge in [0.2, 0.25) is 5.91 Å². The highest BCUT2D eigenvalue weighted by molar-refractivity contribution is 7.18. The summed E-state index contributed by atoms with van der Waals surface area (Å²) in [5, 5.41) is 2.88. The fourth-order valence-corrected chi connectivity index (χ4v) is 5.93.